The fraction of sp³-hybridized carbons (Fsp3) is 0.385. The molecule has 1 aromatic carbocycles. The maximum absolute atomic E-state index is 13.6. The van der Waals surface area contributed by atoms with Gasteiger partial charge in [0, 0.05) is 50.3 Å². The molecule has 1 atom stereocenters. The van der Waals surface area contributed by atoms with Crippen molar-refractivity contribution in [2.75, 3.05) is 13.1 Å². The number of aromatic nitrogens is 3. The van der Waals surface area contributed by atoms with Gasteiger partial charge in [-0.25, -0.2) is 0 Å². The van der Waals surface area contributed by atoms with Crippen LogP contribution in [0.3, 0.4) is 0 Å². The molecule has 1 unspecified atom stereocenters. The molecular weight excluding hydrogens is 414 g/mol. The van der Waals surface area contributed by atoms with Gasteiger partial charge in [-0.3, -0.25) is 19.3 Å². The molecule has 0 saturated carbocycles. The molecule has 7 heteroatoms. The Hall–Kier alpha value is -3.48. The van der Waals surface area contributed by atoms with Crippen LogP contribution in [0.25, 0.3) is 11.1 Å². The first kappa shape index (κ1) is 22.7. The first-order chi connectivity index (χ1) is 15.9. The minimum Gasteiger partial charge on any atom is -0.353 e. The van der Waals surface area contributed by atoms with Gasteiger partial charge >= 0.3 is 0 Å². The summed E-state index contributed by atoms with van der Waals surface area (Å²) in [5, 5.41) is 7.41. The summed E-state index contributed by atoms with van der Waals surface area (Å²) < 4.78 is 1.63. The Kier molecular flexibility index (Phi) is 6.58. The van der Waals surface area contributed by atoms with Crippen molar-refractivity contribution >= 4 is 11.8 Å². The number of hydrogen-bond donors (Lipinski definition) is 1. The van der Waals surface area contributed by atoms with E-state index in [1.165, 1.54) is 0 Å². The number of carbonyl (C=O) groups is 2. The summed E-state index contributed by atoms with van der Waals surface area (Å²) >= 11 is 0. The van der Waals surface area contributed by atoms with Gasteiger partial charge in [0.05, 0.1) is 5.41 Å². The number of nitrogens with zero attached hydrogens (tertiary/aromatic N) is 4. The lowest BCUT2D eigenvalue weighted by Crippen LogP contribution is -2.55. The summed E-state index contributed by atoms with van der Waals surface area (Å²) in [5.41, 5.74) is 2.86. The number of benzene rings is 1. The second kappa shape index (κ2) is 9.57. The highest BCUT2D eigenvalue weighted by atomic mass is 16.2. The molecule has 0 spiro atoms. The Morgan fingerprint density at radius 3 is 2.67 bits per heavy atom. The molecule has 1 aliphatic heterocycles. The number of hydrogen-bond acceptors (Lipinski definition) is 4. The normalized spacial score (nSPS) is 18.4. The highest BCUT2D eigenvalue weighted by molar-refractivity contribution is 5.93. The first-order valence-electron chi connectivity index (χ1n) is 11.5. The second-order valence-electron chi connectivity index (χ2n) is 9.19. The molecule has 3 aromatic rings. The van der Waals surface area contributed by atoms with Crippen molar-refractivity contribution in [1.29, 1.82) is 0 Å². The fourth-order valence-corrected chi connectivity index (χ4v) is 4.66. The molecule has 0 bridgehead atoms. The van der Waals surface area contributed by atoms with Crippen molar-refractivity contribution < 1.29 is 9.59 Å². The zero-order chi connectivity index (χ0) is 23.4. The van der Waals surface area contributed by atoms with Gasteiger partial charge in [-0.05, 0) is 56.4 Å². The average Bonchev–Trinajstić information content (AvgIpc) is 3.25. The SMILES string of the molecule is CC(C)NC(=O)C1(Cc2ccccc2-c2cccnc2)CCCN(C(=O)c2ccn(C)n2)C1. The van der Waals surface area contributed by atoms with Crippen LogP contribution in [0.4, 0.5) is 0 Å². The molecule has 0 radical (unpaired) electrons. The van der Waals surface area contributed by atoms with E-state index in [-0.39, 0.29) is 17.9 Å². The topological polar surface area (TPSA) is 80.1 Å². The minimum atomic E-state index is -0.717. The monoisotopic (exact) mass is 445 g/mol. The van der Waals surface area contributed by atoms with Crippen LogP contribution >= 0.6 is 0 Å². The number of aryl methyl sites for hydroxylation is 1. The van der Waals surface area contributed by atoms with E-state index in [4.69, 9.17) is 0 Å². The lowest BCUT2D eigenvalue weighted by molar-refractivity contribution is -0.134. The fourth-order valence-electron chi connectivity index (χ4n) is 4.66. The number of pyridine rings is 1. The maximum atomic E-state index is 13.6. The van der Waals surface area contributed by atoms with Crippen molar-refractivity contribution in [3.05, 3.63) is 72.3 Å². The van der Waals surface area contributed by atoms with Gasteiger partial charge in [0.15, 0.2) is 0 Å². The minimum absolute atomic E-state index is 0.00277. The number of likely N-dealkylation sites (tertiary alicyclic amines) is 1. The van der Waals surface area contributed by atoms with E-state index in [2.05, 4.69) is 27.5 Å². The number of piperidine rings is 1. The summed E-state index contributed by atoms with van der Waals surface area (Å²) in [4.78, 5) is 32.9. The zero-order valence-electron chi connectivity index (χ0n) is 19.5. The number of rotatable bonds is 6. The van der Waals surface area contributed by atoms with E-state index < -0.39 is 5.41 Å². The Labute approximate surface area is 194 Å². The molecule has 1 aliphatic rings. The summed E-state index contributed by atoms with van der Waals surface area (Å²) in [5.74, 6) is -0.130. The number of nitrogens with one attached hydrogen (secondary N) is 1. The van der Waals surface area contributed by atoms with Crippen molar-refractivity contribution in [3.63, 3.8) is 0 Å². The standard InChI is InChI=1S/C26H31N5O2/c1-19(2)28-25(33)26(12-7-14-31(18-26)24(32)23-11-15-30(3)29-23)16-20-8-4-5-10-22(20)21-9-6-13-27-17-21/h4-6,8-11,13,15,17,19H,7,12,14,16,18H2,1-3H3,(H,28,33). The third-order valence-corrected chi connectivity index (χ3v) is 6.22. The van der Waals surface area contributed by atoms with Crippen LogP contribution in [0, 0.1) is 5.41 Å². The van der Waals surface area contributed by atoms with Gasteiger partial charge in [0.25, 0.3) is 5.91 Å². The molecule has 2 amide bonds. The smallest absolute Gasteiger partial charge is 0.274 e. The molecule has 3 heterocycles. The molecule has 1 N–H and O–H groups in total. The van der Waals surface area contributed by atoms with Crippen LogP contribution in [-0.2, 0) is 18.3 Å². The van der Waals surface area contributed by atoms with Gasteiger partial charge in [0.1, 0.15) is 5.69 Å². The summed E-state index contributed by atoms with van der Waals surface area (Å²) in [6.07, 6.45) is 7.39. The summed E-state index contributed by atoms with van der Waals surface area (Å²) in [6.45, 7) is 4.92. The van der Waals surface area contributed by atoms with E-state index in [1.54, 1.807) is 35.1 Å². The number of amides is 2. The van der Waals surface area contributed by atoms with Gasteiger partial charge < -0.3 is 10.2 Å². The van der Waals surface area contributed by atoms with Gasteiger partial charge in [-0.15, -0.1) is 0 Å². The number of carbonyl (C=O) groups excluding carboxylic acids is 2. The zero-order valence-corrected chi connectivity index (χ0v) is 19.5. The maximum Gasteiger partial charge on any atom is 0.274 e. The third-order valence-electron chi connectivity index (χ3n) is 6.22. The van der Waals surface area contributed by atoms with Crippen LogP contribution in [0.1, 0.15) is 42.7 Å². The summed E-state index contributed by atoms with van der Waals surface area (Å²) in [6, 6.07) is 13.8. The largest absolute Gasteiger partial charge is 0.353 e. The van der Waals surface area contributed by atoms with E-state index in [0.29, 0.717) is 25.2 Å². The molecule has 7 nitrogen and oxygen atoms in total. The Balaban J connectivity index is 1.69. The van der Waals surface area contributed by atoms with E-state index in [0.717, 1.165) is 29.5 Å². The van der Waals surface area contributed by atoms with E-state index >= 15 is 0 Å². The molecule has 2 aromatic heterocycles. The van der Waals surface area contributed by atoms with Crippen molar-refractivity contribution in [2.24, 2.45) is 12.5 Å². The molecule has 1 saturated heterocycles. The van der Waals surface area contributed by atoms with Gasteiger partial charge in [-0.1, -0.05) is 30.3 Å². The Bertz CT molecular complexity index is 1120. The van der Waals surface area contributed by atoms with Crippen LogP contribution in [0.2, 0.25) is 0 Å². The predicted molar refractivity (Wildman–Crippen MR) is 127 cm³/mol. The van der Waals surface area contributed by atoms with Gasteiger partial charge in [-0.2, -0.15) is 5.10 Å². The highest BCUT2D eigenvalue weighted by Crippen LogP contribution is 2.37. The van der Waals surface area contributed by atoms with Gasteiger partial charge in [0.2, 0.25) is 5.91 Å². The lowest BCUT2D eigenvalue weighted by atomic mass is 9.73. The van der Waals surface area contributed by atoms with Crippen LogP contribution in [0.5, 0.6) is 0 Å². The second-order valence-corrected chi connectivity index (χ2v) is 9.19. The molecule has 33 heavy (non-hydrogen) atoms. The quantitative estimate of drug-likeness (QED) is 0.630. The molecule has 4 rings (SSSR count). The van der Waals surface area contributed by atoms with Crippen LogP contribution < -0.4 is 5.32 Å². The average molecular weight is 446 g/mol. The predicted octanol–water partition coefficient (Wildman–Crippen LogP) is 3.47. The van der Waals surface area contributed by atoms with E-state index in [9.17, 15) is 9.59 Å². The first-order valence-corrected chi connectivity index (χ1v) is 11.5. The molecule has 1 fully saturated rings. The van der Waals surface area contributed by atoms with Crippen molar-refractivity contribution in [2.45, 2.75) is 39.2 Å². The van der Waals surface area contributed by atoms with E-state index in [1.807, 2.05) is 44.3 Å². The molecule has 172 valence electrons. The highest BCUT2D eigenvalue weighted by Gasteiger charge is 2.44. The Morgan fingerprint density at radius 2 is 1.97 bits per heavy atom. The molecule has 0 aliphatic carbocycles. The van der Waals surface area contributed by atoms with Crippen LogP contribution in [0.15, 0.2) is 61.1 Å². The summed E-state index contributed by atoms with van der Waals surface area (Å²) in [7, 11) is 1.79. The van der Waals surface area contributed by atoms with Crippen LogP contribution in [-0.4, -0.2) is 50.6 Å². The Morgan fingerprint density at radius 1 is 1.15 bits per heavy atom. The lowest BCUT2D eigenvalue weighted by Gasteiger charge is -2.42. The molecular formula is C26H31N5O2. The third kappa shape index (κ3) is 4.97. The van der Waals surface area contributed by atoms with Crippen molar-refractivity contribution in [1.82, 2.24) is 25.0 Å². The van der Waals surface area contributed by atoms with Crippen molar-refractivity contribution in [3.8, 4) is 11.1 Å².